The van der Waals surface area contributed by atoms with Crippen molar-refractivity contribution in [3.05, 3.63) is 28.3 Å². The highest BCUT2D eigenvalue weighted by atomic mass is 16.6. The zero-order valence-electron chi connectivity index (χ0n) is 12.0. The van der Waals surface area contributed by atoms with Crippen LogP contribution in [0.15, 0.2) is 18.2 Å². The predicted octanol–water partition coefficient (Wildman–Crippen LogP) is 4.02. The van der Waals surface area contributed by atoms with E-state index < -0.39 is 0 Å². The first-order valence-corrected chi connectivity index (χ1v) is 7.46. The summed E-state index contributed by atoms with van der Waals surface area (Å²) in [7, 11) is 0. The van der Waals surface area contributed by atoms with Crippen molar-refractivity contribution in [3.8, 4) is 0 Å². The second-order valence-corrected chi connectivity index (χ2v) is 5.42. The molecule has 1 aromatic carbocycles. The van der Waals surface area contributed by atoms with Crippen molar-refractivity contribution in [1.29, 1.82) is 0 Å². The molecule has 2 N–H and O–H groups in total. The lowest BCUT2D eigenvalue weighted by atomic mass is 10.0. The Bertz CT molecular complexity index is 456. The number of hydrogen-bond donors (Lipinski definition) is 2. The van der Waals surface area contributed by atoms with Gasteiger partial charge in [0.15, 0.2) is 0 Å². The third-order valence-corrected chi connectivity index (χ3v) is 3.87. The molecule has 1 aromatic rings. The van der Waals surface area contributed by atoms with Gasteiger partial charge in [0.05, 0.1) is 4.92 Å². The molecule has 0 radical (unpaired) electrons. The zero-order chi connectivity index (χ0) is 14.4. The summed E-state index contributed by atoms with van der Waals surface area (Å²) < 4.78 is 0. The number of nitro groups is 1. The number of non-ortho nitro benzene ring substituents is 1. The van der Waals surface area contributed by atoms with Crippen molar-refractivity contribution in [2.45, 2.75) is 39.0 Å². The first-order valence-electron chi connectivity index (χ1n) is 7.46. The highest BCUT2D eigenvalue weighted by molar-refractivity contribution is 5.63. The van der Waals surface area contributed by atoms with Crippen LogP contribution in [0.25, 0.3) is 0 Å². The zero-order valence-corrected chi connectivity index (χ0v) is 12.0. The van der Waals surface area contributed by atoms with Crippen LogP contribution in [0, 0.1) is 16.0 Å². The normalized spacial score (nSPS) is 15.2. The van der Waals surface area contributed by atoms with Crippen LogP contribution in [0.4, 0.5) is 17.1 Å². The smallest absolute Gasteiger partial charge is 0.273 e. The molecule has 0 amide bonds. The van der Waals surface area contributed by atoms with Gasteiger partial charge in [-0.15, -0.1) is 0 Å². The van der Waals surface area contributed by atoms with E-state index in [1.807, 2.05) is 13.0 Å². The summed E-state index contributed by atoms with van der Waals surface area (Å²) in [5.74, 6) is 0.828. The van der Waals surface area contributed by atoms with E-state index in [0.717, 1.165) is 36.8 Å². The highest BCUT2D eigenvalue weighted by Crippen LogP contribution is 2.28. The fraction of sp³-hybridized carbons (Fsp3) is 0.600. The van der Waals surface area contributed by atoms with Gasteiger partial charge in [-0.05, 0) is 25.3 Å². The second-order valence-electron chi connectivity index (χ2n) is 5.42. The summed E-state index contributed by atoms with van der Waals surface area (Å²) >= 11 is 0. The average Bonchev–Trinajstić information content (AvgIpc) is 2.92. The van der Waals surface area contributed by atoms with E-state index in [4.69, 9.17) is 0 Å². The topological polar surface area (TPSA) is 67.2 Å². The van der Waals surface area contributed by atoms with Crippen LogP contribution >= 0.6 is 0 Å². The van der Waals surface area contributed by atoms with Gasteiger partial charge in [0.1, 0.15) is 0 Å². The summed E-state index contributed by atoms with van der Waals surface area (Å²) in [5.41, 5.74) is 1.75. The summed E-state index contributed by atoms with van der Waals surface area (Å²) in [6.07, 6.45) is 6.52. The molecule has 0 aromatic heterocycles. The summed E-state index contributed by atoms with van der Waals surface area (Å²) in [6, 6.07) is 5.12. The van der Waals surface area contributed by atoms with Crippen molar-refractivity contribution < 1.29 is 4.92 Å². The maximum atomic E-state index is 10.9. The maximum Gasteiger partial charge on any atom is 0.273 e. The van der Waals surface area contributed by atoms with E-state index in [1.54, 1.807) is 12.1 Å². The molecular formula is C15H23N3O2. The Morgan fingerprint density at radius 3 is 2.45 bits per heavy atom. The van der Waals surface area contributed by atoms with Gasteiger partial charge in [0.2, 0.25) is 0 Å². The standard InChI is InChI=1S/C15H23N3O2/c1-2-16-13-9-14(11-15(10-13)18(19)20)17-8-7-12-5-3-4-6-12/h9-12,16-17H,2-8H2,1H3. The first-order chi connectivity index (χ1) is 9.69. The Morgan fingerprint density at radius 2 is 1.85 bits per heavy atom. The predicted molar refractivity (Wildman–Crippen MR) is 82.3 cm³/mol. The first kappa shape index (κ1) is 14.6. The van der Waals surface area contributed by atoms with Gasteiger partial charge >= 0.3 is 0 Å². The minimum atomic E-state index is -0.344. The van der Waals surface area contributed by atoms with Crippen LogP contribution in [0.2, 0.25) is 0 Å². The van der Waals surface area contributed by atoms with Gasteiger partial charge in [0.25, 0.3) is 5.69 Å². The summed E-state index contributed by atoms with van der Waals surface area (Å²) in [5, 5.41) is 17.4. The third kappa shape index (κ3) is 4.11. The molecule has 20 heavy (non-hydrogen) atoms. The number of benzene rings is 1. The van der Waals surface area contributed by atoms with Crippen molar-refractivity contribution in [1.82, 2.24) is 0 Å². The SMILES string of the molecule is CCNc1cc(NCCC2CCCC2)cc([N+](=O)[O-])c1. The Kier molecular flexibility index (Phi) is 5.21. The van der Waals surface area contributed by atoms with Crippen LogP contribution in [-0.2, 0) is 0 Å². The number of nitrogens with zero attached hydrogens (tertiary/aromatic N) is 1. The number of nitro benzene ring substituents is 1. The molecule has 1 aliphatic carbocycles. The molecule has 2 rings (SSSR count). The molecule has 1 fully saturated rings. The molecule has 0 heterocycles. The van der Waals surface area contributed by atoms with Crippen LogP contribution < -0.4 is 10.6 Å². The largest absolute Gasteiger partial charge is 0.385 e. The van der Waals surface area contributed by atoms with Gasteiger partial charge in [0, 0.05) is 36.6 Å². The monoisotopic (exact) mass is 277 g/mol. The van der Waals surface area contributed by atoms with E-state index in [0.29, 0.717) is 0 Å². The number of anilines is 2. The lowest BCUT2D eigenvalue weighted by Crippen LogP contribution is -2.07. The maximum absolute atomic E-state index is 10.9. The molecule has 1 aliphatic rings. The lowest BCUT2D eigenvalue weighted by Gasteiger charge is -2.12. The number of rotatable bonds is 7. The van der Waals surface area contributed by atoms with Crippen molar-refractivity contribution in [3.63, 3.8) is 0 Å². The Balaban J connectivity index is 1.96. The Morgan fingerprint density at radius 1 is 1.20 bits per heavy atom. The molecule has 0 spiro atoms. The minimum absolute atomic E-state index is 0.131. The molecular weight excluding hydrogens is 254 g/mol. The van der Waals surface area contributed by atoms with E-state index in [2.05, 4.69) is 10.6 Å². The number of hydrogen-bond acceptors (Lipinski definition) is 4. The van der Waals surface area contributed by atoms with Crippen molar-refractivity contribution in [2.75, 3.05) is 23.7 Å². The van der Waals surface area contributed by atoms with Gasteiger partial charge in [-0.1, -0.05) is 25.7 Å². The summed E-state index contributed by atoms with van der Waals surface area (Å²) in [6.45, 7) is 3.62. The van der Waals surface area contributed by atoms with Gasteiger partial charge < -0.3 is 10.6 Å². The van der Waals surface area contributed by atoms with Crippen molar-refractivity contribution in [2.24, 2.45) is 5.92 Å². The Hall–Kier alpha value is -1.78. The fourth-order valence-electron chi connectivity index (χ4n) is 2.84. The lowest BCUT2D eigenvalue weighted by molar-refractivity contribution is -0.384. The van der Waals surface area contributed by atoms with E-state index in [-0.39, 0.29) is 10.6 Å². The number of nitrogens with one attached hydrogen (secondary N) is 2. The molecule has 5 nitrogen and oxygen atoms in total. The quantitative estimate of drug-likeness (QED) is 0.583. The second kappa shape index (κ2) is 7.12. The van der Waals surface area contributed by atoms with Gasteiger partial charge in [-0.3, -0.25) is 10.1 Å². The molecule has 0 aliphatic heterocycles. The van der Waals surface area contributed by atoms with E-state index in [9.17, 15) is 10.1 Å². The van der Waals surface area contributed by atoms with Crippen LogP contribution in [-0.4, -0.2) is 18.0 Å². The Labute approximate surface area is 119 Å². The van der Waals surface area contributed by atoms with Crippen LogP contribution in [0.5, 0.6) is 0 Å². The highest BCUT2D eigenvalue weighted by Gasteiger charge is 2.14. The summed E-state index contributed by atoms with van der Waals surface area (Å²) in [4.78, 5) is 10.6. The third-order valence-electron chi connectivity index (χ3n) is 3.87. The molecule has 1 saturated carbocycles. The minimum Gasteiger partial charge on any atom is -0.385 e. The van der Waals surface area contributed by atoms with Crippen LogP contribution in [0.1, 0.15) is 39.0 Å². The van der Waals surface area contributed by atoms with Gasteiger partial charge in [-0.25, -0.2) is 0 Å². The van der Waals surface area contributed by atoms with E-state index >= 15 is 0 Å². The molecule has 0 saturated heterocycles. The van der Waals surface area contributed by atoms with Gasteiger partial charge in [-0.2, -0.15) is 0 Å². The molecule has 0 atom stereocenters. The molecule has 5 heteroatoms. The average molecular weight is 277 g/mol. The molecule has 110 valence electrons. The van der Waals surface area contributed by atoms with Crippen molar-refractivity contribution >= 4 is 17.1 Å². The molecule has 0 unspecified atom stereocenters. The molecule has 0 bridgehead atoms. The van der Waals surface area contributed by atoms with Crippen LogP contribution in [0.3, 0.4) is 0 Å². The van der Waals surface area contributed by atoms with E-state index in [1.165, 1.54) is 25.7 Å². The fourth-order valence-corrected chi connectivity index (χ4v) is 2.84.